The van der Waals surface area contributed by atoms with Gasteiger partial charge in [0.25, 0.3) is 0 Å². The molecule has 1 aliphatic heterocycles. The first-order valence-electron chi connectivity index (χ1n) is 8.19. The average Bonchev–Trinajstić information content (AvgIpc) is 3.10. The Morgan fingerprint density at radius 1 is 1.29 bits per heavy atom. The molecule has 0 amide bonds. The molecule has 0 bridgehead atoms. The van der Waals surface area contributed by atoms with E-state index in [-0.39, 0.29) is 4.87 Å². The zero-order chi connectivity index (χ0) is 16.7. The topological polar surface area (TPSA) is 82.1 Å². The predicted molar refractivity (Wildman–Crippen MR) is 94.5 cm³/mol. The first-order chi connectivity index (χ1) is 11.6. The second-order valence-electron chi connectivity index (χ2n) is 6.35. The van der Waals surface area contributed by atoms with Crippen LogP contribution in [0.4, 0.5) is 0 Å². The largest absolute Gasteiger partial charge is 0.417 e. The van der Waals surface area contributed by atoms with Gasteiger partial charge in [-0.1, -0.05) is 23.8 Å². The molecule has 0 spiro atoms. The van der Waals surface area contributed by atoms with E-state index in [2.05, 4.69) is 21.8 Å². The molecule has 1 fully saturated rings. The number of likely N-dealkylation sites (tertiary alicyclic amines) is 1. The number of thiazole rings is 1. The molecule has 24 heavy (non-hydrogen) atoms. The fourth-order valence-corrected chi connectivity index (χ4v) is 4.26. The summed E-state index contributed by atoms with van der Waals surface area (Å²) >= 11 is 1.26. The fraction of sp³-hybridized carbons (Fsp3) is 0.412. The van der Waals surface area contributed by atoms with E-state index in [0.29, 0.717) is 17.1 Å². The second-order valence-corrected chi connectivity index (χ2v) is 7.42. The monoisotopic (exact) mass is 345 g/mol. The molecule has 7 heteroatoms. The second kappa shape index (κ2) is 6.07. The number of fused-ring (bicyclic) bond motifs is 1. The Kier molecular flexibility index (Phi) is 3.90. The molecule has 0 aliphatic carbocycles. The van der Waals surface area contributed by atoms with Crippen molar-refractivity contribution < 1.29 is 4.42 Å². The van der Waals surface area contributed by atoms with Crippen molar-refractivity contribution in [1.82, 2.24) is 14.9 Å². The van der Waals surface area contributed by atoms with Gasteiger partial charge in [0, 0.05) is 23.0 Å². The predicted octanol–water partition coefficient (Wildman–Crippen LogP) is 2.91. The molecular weight excluding hydrogens is 326 g/mol. The minimum absolute atomic E-state index is 0.0553. The molecular formula is C17H19N3O3S. The Labute approximate surface area is 142 Å². The number of piperidine rings is 1. The lowest BCUT2D eigenvalue weighted by Gasteiger charge is -2.33. The Morgan fingerprint density at radius 2 is 2.17 bits per heavy atom. The molecule has 4 rings (SSSR count). The summed E-state index contributed by atoms with van der Waals surface area (Å²) in [7, 11) is 0. The van der Waals surface area contributed by atoms with Crippen molar-refractivity contribution in [1.29, 1.82) is 0 Å². The van der Waals surface area contributed by atoms with Gasteiger partial charge in [0.1, 0.15) is 0 Å². The van der Waals surface area contributed by atoms with Gasteiger partial charge in [0.2, 0.25) is 0 Å². The van der Waals surface area contributed by atoms with Gasteiger partial charge >= 0.3 is 10.6 Å². The third-order valence-corrected chi connectivity index (χ3v) is 5.59. The third kappa shape index (κ3) is 2.85. The van der Waals surface area contributed by atoms with E-state index < -0.39 is 5.76 Å². The van der Waals surface area contributed by atoms with E-state index >= 15 is 0 Å². The van der Waals surface area contributed by atoms with Crippen LogP contribution >= 0.6 is 11.3 Å². The van der Waals surface area contributed by atoms with Crippen LogP contribution in [0.15, 0.2) is 32.2 Å². The Morgan fingerprint density at radius 3 is 3.00 bits per heavy atom. The molecule has 1 saturated heterocycles. The van der Waals surface area contributed by atoms with E-state index in [1.54, 1.807) is 12.1 Å². The number of hydrogen-bond acceptors (Lipinski definition) is 5. The minimum atomic E-state index is -0.469. The zero-order valence-corrected chi connectivity index (χ0v) is 14.2. The van der Waals surface area contributed by atoms with Crippen LogP contribution in [0.1, 0.15) is 31.1 Å². The Hall–Kier alpha value is -2.12. The number of benzene rings is 1. The highest BCUT2D eigenvalue weighted by atomic mass is 32.1. The van der Waals surface area contributed by atoms with Crippen LogP contribution in [0, 0.1) is 0 Å². The molecule has 2 N–H and O–H groups in total. The van der Waals surface area contributed by atoms with Gasteiger partial charge in [0.05, 0.1) is 11.2 Å². The summed E-state index contributed by atoms with van der Waals surface area (Å²) in [5.74, 6) is -0.469. The summed E-state index contributed by atoms with van der Waals surface area (Å²) in [6.07, 6.45) is 3.69. The van der Waals surface area contributed by atoms with Crippen molar-refractivity contribution in [2.75, 3.05) is 6.54 Å². The van der Waals surface area contributed by atoms with E-state index in [9.17, 15) is 9.59 Å². The van der Waals surface area contributed by atoms with Gasteiger partial charge < -0.3 is 9.40 Å². The number of nitrogens with zero attached hydrogens (tertiary/aromatic N) is 1. The molecule has 3 aromatic rings. The molecule has 1 aromatic carbocycles. The first kappa shape index (κ1) is 15.4. The molecule has 0 radical (unpaired) electrons. The van der Waals surface area contributed by atoms with Crippen LogP contribution in [0.25, 0.3) is 22.4 Å². The van der Waals surface area contributed by atoms with Crippen LogP contribution in [-0.4, -0.2) is 27.5 Å². The first-order valence-corrected chi connectivity index (χ1v) is 9.01. The van der Waals surface area contributed by atoms with E-state index in [1.807, 2.05) is 6.07 Å². The maximum atomic E-state index is 11.9. The van der Waals surface area contributed by atoms with Gasteiger partial charge in [-0.25, -0.2) is 4.79 Å². The summed E-state index contributed by atoms with van der Waals surface area (Å²) in [4.78, 5) is 32.2. The number of rotatable bonds is 3. The van der Waals surface area contributed by atoms with E-state index in [0.717, 1.165) is 29.2 Å². The lowest BCUT2D eigenvalue weighted by Crippen LogP contribution is -2.36. The highest BCUT2D eigenvalue weighted by Crippen LogP contribution is 2.29. The molecule has 1 aliphatic rings. The summed E-state index contributed by atoms with van der Waals surface area (Å²) < 4.78 is 5.13. The quantitative estimate of drug-likeness (QED) is 0.765. The van der Waals surface area contributed by atoms with Crippen LogP contribution < -0.4 is 10.6 Å². The molecule has 2 aromatic heterocycles. The summed E-state index contributed by atoms with van der Waals surface area (Å²) in [5.41, 5.74) is 2.85. The maximum absolute atomic E-state index is 11.9. The van der Waals surface area contributed by atoms with Crippen molar-refractivity contribution in [3.05, 3.63) is 43.3 Å². The molecule has 1 atom stereocenters. The molecule has 0 saturated carbocycles. The highest BCUT2D eigenvalue weighted by Gasteiger charge is 2.21. The van der Waals surface area contributed by atoms with E-state index in [4.69, 9.17) is 4.42 Å². The van der Waals surface area contributed by atoms with Crippen LogP contribution in [0.5, 0.6) is 0 Å². The summed E-state index contributed by atoms with van der Waals surface area (Å²) in [6, 6.07) is 6.04. The molecule has 1 unspecified atom stereocenters. The standard InChI is InChI=1S/C17H19N3O3S/c1-10-4-2-3-7-20(10)9-14-15(19-17(22)24-14)11-5-6-12-13(8-11)23-16(21)18-12/h5-6,8,10H,2-4,7,9H2,1H3,(H,18,21)(H,19,22). The number of nitrogens with one attached hydrogen (secondary N) is 2. The van der Waals surface area contributed by atoms with Gasteiger partial charge in [-0.05, 0) is 38.4 Å². The fourth-order valence-electron chi connectivity index (χ4n) is 3.38. The zero-order valence-electron chi connectivity index (χ0n) is 13.4. The number of hydrogen-bond donors (Lipinski definition) is 2. The van der Waals surface area contributed by atoms with Gasteiger partial charge in [0.15, 0.2) is 5.58 Å². The van der Waals surface area contributed by atoms with Crippen LogP contribution in [-0.2, 0) is 6.54 Å². The number of aromatic amines is 2. The SMILES string of the molecule is CC1CCCCN1Cc1sc(=O)[nH]c1-c1ccc2[nH]c(=O)oc2c1. The van der Waals surface area contributed by atoms with Gasteiger partial charge in [-0.2, -0.15) is 0 Å². The summed E-state index contributed by atoms with van der Waals surface area (Å²) in [5, 5.41) is 0. The molecule has 6 nitrogen and oxygen atoms in total. The smallest absolute Gasteiger partial charge is 0.408 e. The van der Waals surface area contributed by atoms with Crippen molar-refractivity contribution in [3.63, 3.8) is 0 Å². The van der Waals surface area contributed by atoms with Crippen molar-refractivity contribution in [2.24, 2.45) is 0 Å². The highest BCUT2D eigenvalue weighted by molar-refractivity contribution is 7.09. The molecule has 126 valence electrons. The lowest BCUT2D eigenvalue weighted by molar-refractivity contribution is 0.154. The van der Waals surface area contributed by atoms with Crippen LogP contribution in [0.3, 0.4) is 0 Å². The molecule has 3 heterocycles. The van der Waals surface area contributed by atoms with Gasteiger partial charge in [-0.15, -0.1) is 0 Å². The van der Waals surface area contributed by atoms with E-state index in [1.165, 1.54) is 30.6 Å². The Balaban J connectivity index is 1.71. The van der Waals surface area contributed by atoms with Gasteiger partial charge in [-0.3, -0.25) is 14.7 Å². The third-order valence-electron chi connectivity index (χ3n) is 4.72. The summed E-state index contributed by atoms with van der Waals surface area (Å²) in [6.45, 7) is 4.09. The van der Waals surface area contributed by atoms with Crippen molar-refractivity contribution in [3.8, 4) is 11.3 Å². The van der Waals surface area contributed by atoms with Crippen LogP contribution in [0.2, 0.25) is 0 Å². The number of aromatic nitrogens is 2. The lowest BCUT2D eigenvalue weighted by atomic mass is 10.0. The average molecular weight is 345 g/mol. The normalized spacial score (nSPS) is 19.1. The Bertz CT molecular complexity index is 981. The van der Waals surface area contributed by atoms with Crippen molar-refractivity contribution >= 4 is 22.4 Å². The maximum Gasteiger partial charge on any atom is 0.417 e. The number of oxazole rings is 1. The number of H-pyrrole nitrogens is 2. The minimum Gasteiger partial charge on any atom is -0.408 e. The van der Waals surface area contributed by atoms with Crippen molar-refractivity contribution in [2.45, 2.75) is 38.8 Å².